The van der Waals surface area contributed by atoms with E-state index in [9.17, 15) is 4.79 Å². The van der Waals surface area contributed by atoms with Crippen molar-refractivity contribution in [2.24, 2.45) is 0 Å². The van der Waals surface area contributed by atoms with Crippen LogP contribution in [0.1, 0.15) is 16.8 Å². The summed E-state index contributed by atoms with van der Waals surface area (Å²) >= 11 is 0. The summed E-state index contributed by atoms with van der Waals surface area (Å²) < 4.78 is 0. The average Bonchev–Trinajstić information content (AvgIpc) is 2.52. The van der Waals surface area contributed by atoms with Crippen molar-refractivity contribution in [2.45, 2.75) is 6.42 Å². The summed E-state index contributed by atoms with van der Waals surface area (Å²) in [5, 5.41) is 12.2. The number of aromatic carboxylic acids is 1. The largest absolute Gasteiger partial charge is 0.478 e. The first kappa shape index (κ1) is 14.9. The highest BCUT2D eigenvalue weighted by molar-refractivity contribution is 5.88. The van der Waals surface area contributed by atoms with Crippen molar-refractivity contribution in [3.05, 3.63) is 60.2 Å². The van der Waals surface area contributed by atoms with Crippen LogP contribution in [0.15, 0.2) is 54.6 Å². The van der Waals surface area contributed by atoms with Crippen molar-refractivity contribution >= 4 is 17.3 Å². The van der Waals surface area contributed by atoms with Gasteiger partial charge in [0.2, 0.25) is 0 Å². The molecule has 4 heteroatoms. The van der Waals surface area contributed by atoms with Crippen LogP contribution in [0.2, 0.25) is 0 Å². The van der Waals surface area contributed by atoms with Gasteiger partial charge in [-0.25, -0.2) is 4.79 Å². The van der Waals surface area contributed by atoms with Crippen molar-refractivity contribution < 1.29 is 9.90 Å². The maximum atomic E-state index is 10.9. The Morgan fingerprint density at radius 3 is 2.62 bits per heavy atom. The van der Waals surface area contributed by atoms with E-state index < -0.39 is 5.97 Å². The van der Waals surface area contributed by atoms with E-state index in [-0.39, 0.29) is 0 Å². The normalized spacial score (nSPS) is 10.1. The first-order chi connectivity index (χ1) is 10.2. The van der Waals surface area contributed by atoms with Crippen molar-refractivity contribution in [2.75, 3.05) is 30.4 Å². The molecule has 0 heterocycles. The van der Waals surface area contributed by atoms with Crippen molar-refractivity contribution in [3.63, 3.8) is 0 Å². The second kappa shape index (κ2) is 7.33. The molecule has 2 rings (SSSR count). The maximum absolute atomic E-state index is 10.9. The molecule has 2 aromatic rings. The van der Waals surface area contributed by atoms with E-state index in [1.165, 1.54) is 5.69 Å². The van der Waals surface area contributed by atoms with Gasteiger partial charge in [0.25, 0.3) is 0 Å². The molecule has 0 saturated heterocycles. The predicted molar refractivity (Wildman–Crippen MR) is 86.2 cm³/mol. The monoisotopic (exact) mass is 284 g/mol. The number of hydrogen-bond acceptors (Lipinski definition) is 3. The van der Waals surface area contributed by atoms with E-state index in [1.54, 1.807) is 18.2 Å². The molecule has 0 unspecified atom stereocenters. The molecule has 0 atom stereocenters. The second-order valence-electron chi connectivity index (χ2n) is 4.92. The number of benzene rings is 2. The Labute approximate surface area is 125 Å². The highest BCUT2D eigenvalue weighted by Crippen LogP contribution is 2.12. The van der Waals surface area contributed by atoms with Gasteiger partial charge in [-0.2, -0.15) is 0 Å². The maximum Gasteiger partial charge on any atom is 0.335 e. The Hall–Kier alpha value is -2.49. The van der Waals surface area contributed by atoms with Crippen molar-refractivity contribution in [3.8, 4) is 0 Å². The Kier molecular flexibility index (Phi) is 5.21. The quantitative estimate of drug-likeness (QED) is 0.766. The van der Waals surface area contributed by atoms with E-state index >= 15 is 0 Å². The lowest BCUT2D eigenvalue weighted by atomic mass is 10.2. The fourth-order valence-corrected chi connectivity index (χ4v) is 2.12. The smallest absolute Gasteiger partial charge is 0.335 e. The van der Waals surface area contributed by atoms with Crippen LogP contribution < -0.4 is 10.2 Å². The van der Waals surface area contributed by atoms with Gasteiger partial charge in [-0.1, -0.05) is 24.3 Å². The minimum atomic E-state index is -0.900. The number of hydrogen-bond donors (Lipinski definition) is 2. The summed E-state index contributed by atoms with van der Waals surface area (Å²) in [6.45, 7) is 1.75. The van der Waals surface area contributed by atoms with Gasteiger partial charge in [0.15, 0.2) is 0 Å². The van der Waals surface area contributed by atoms with Crippen molar-refractivity contribution in [1.29, 1.82) is 0 Å². The van der Waals surface area contributed by atoms with E-state index in [0.717, 1.165) is 25.2 Å². The summed E-state index contributed by atoms with van der Waals surface area (Å²) in [5.74, 6) is -0.900. The summed E-state index contributed by atoms with van der Waals surface area (Å²) in [7, 11) is 2.07. The van der Waals surface area contributed by atoms with Gasteiger partial charge >= 0.3 is 5.97 Å². The molecule has 2 N–H and O–H groups in total. The summed E-state index contributed by atoms with van der Waals surface area (Å²) in [6, 6.07) is 17.1. The molecule has 110 valence electrons. The molecule has 0 fully saturated rings. The third-order valence-corrected chi connectivity index (χ3v) is 3.31. The van der Waals surface area contributed by atoms with Gasteiger partial charge in [0, 0.05) is 31.5 Å². The molecule has 0 spiro atoms. The fourth-order valence-electron chi connectivity index (χ4n) is 2.12. The molecule has 0 aliphatic rings. The van der Waals surface area contributed by atoms with Crippen LogP contribution >= 0.6 is 0 Å². The number of carboxylic acids is 1. The van der Waals surface area contributed by atoms with Crippen LogP contribution in [0.25, 0.3) is 0 Å². The van der Waals surface area contributed by atoms with E-state index in [4.69, 9.17) is 5.11 Å². The minimum absolute atomic E-state index is 0.307. The van der Waals surface area contributed by atoms with Gasteiger partial charge in [-0.15, -0.1) is 0 Å². The van der Waals surface area contributed by atoms with E-state index in [1.807, 2.05) is 24.3 Å². The first-order valence-corrected chi connectivity index (χ1v) is 7.00. The molecule has 0 aliphatic heterocycles. The molecule has 0 bridgehead atoms. The summed E-state index contributed by atoms with van der Waals surface area (Å²) in [5.41, 5.74) is 2.35. The van der Waals surface area contributed by atoms with E-state index in [2.05, 4.69) is 29.4 Å². The zero-order chi connectivity index (χ0) is 15.1. The Bertz CT molecular complexity index is 584. The average molecular weight is 284 g/mol. The number of carbonyl (C=O) groups is 1. The number of anilines is 2. The number of carboxylic acid groups (broad SMARTS) is 1. The summed E-state index contributed by atoms with van der Waals surface area (Å²) in [4.78, 5) is 13.1. The van der Waals surface area contributed by atoms with Gasteiger partial charge < -0.3 is 15.3 Å². The van der Waals surface area contributed by atoms with Gasteiger partial charge in [-0.3, -0.25) is 0 Å². The molecule has 0 amide bonds. The highest BCUT2D eigenvalue weighted by Gasteiger charge is 2.03. The van der Waals surface area contributed by atoms with Crippen LogP contribution in [0, 0.1) is 0 Å². The van der Waals surface area contributed by atoms with Crippen LogP contribution in [0.3, 0.4) is 0 Å². The number of para-hydroxylation sites is 1. The van der Waals surface area contributed by atoms with Gasteiger partial charge in [0.05, 0.1) is 5.56 Å². The topological polar surface area (TPSA) is 52.6 Å². The lowest BCUT2D eigenvalue weighted by Crippen LogP contribution is -2.20. The predicted octanol–water partition coefficient (Wildman–Crippen LogP) is 3.32. The Morgan fingerprint density at radius 1 is 1.14 bits per heavy atom. The van der Waals surface area contributed by atoms with Crippen LogP contribution in [-0.4, -0.2) is 31.2 Å². The number of rotatable bonds is 7. The van der Waals surface area contributed by atoms with Crippen LogP contribution in [-0.2, 0) is 0 Å². The SMILES string of the molecule is CN(CCCNc1cccc(C(=O)O)c1)c1ccccc1. The van der Waals surface area contributed by atoms with Crippen LogP contribution in [0.4, 0.5) is 11.4 Å². The Balaban J connectivity index is 1.77. The molecule has 4 nitrogen and oxygen atoms in total. The zero-order valence-corrected chi connectivity index (χ0v) is 12.1. The second-order valence-corrected chi connectivity index (χ2v) is 4.92. The zero-order valence-electron chi connectivity index (χ0n) is 12.1. The third kappa shape index (κ3) is 4.53. The lowest BCUT2D eigenvalue weighted by Gasteiger charge is -2.19. The molecule has 21 heavy (non-hydrogen) atoms. The fraction of sp³-hybridized carbons (Fsp3) is 0.235. The molecule has 0 radical (unpaired) electrons. The molecular weight excluding hydrogens is 264 g/mol. The van der Waals surface area contributed by atoms with Crippen molar-refractivity contribution in [1.82, 2.24) is 0 Å². The van der Waals surface area contributed by atoms with E-state index in [0.29, 0.717) is 5.56 Å². The minimum Gasteiger partial charge on any atom is -0.478 e. The molecular formula is C17H20N2O2. The first-order valence-electron chi connectivity index (χ1n) is 7.00. The lowest BCUT2D eigenvalue weighted by molar-refractivity contribution is 0.0697. The van der Waals surface area contributed by atoms with Gasteiger partial charge in [-0.05, 0) is 36.8 Å². The molecule has 0 saturated carbocycles. The highest BCUT2D eigenvalue weighted by atomic mass is 16.4. The molecule has 0 aliphatic carbocycles. The third-order valence-electron chi connectivity index (χ3n) is 3.31. The number of nitrogens with zero attached hydrogens (tertiary/aromatic N) is 1. The number of nitrogens with one attached hydrogen (secondary N) is 1. The molecule has 0 aromatic heterocycles. The Morgan fingerprint density at radius 2 is 1.90 bits per heavy atom. The molecule has 2 aromatic carbocycles. The van der Waals surface area contributed by atoms with Gasteiger partial charge in [0.1, 0.15) is 0 Å². The standard InChI is InChI=1S/C17H20N2O2/c1-19(16-9-3-2-4-10-16)12-6-11-18-15-8-5-7-14(13-15)17(20)21/h2-5,7-10,13,18H,6,11-12H2,1H3,(H,20,21). The summed E-state index contributed by atoms with van der Waals surface area (Å²) in [6.07, 6.45) is 0.975. The van der Waals surface area contributed by atoms with Crippen LogP contribution in [0.5, 0.6) is 0 Å².